The number of fused-ring (bicyclic) bond motifs is 1. The van der Waals surface area contributed by atoms with E-state index < -0.39 is 0 Å². The summed E-state index contributed by atoms with van der Waals surface area (Å²) in [4.78, 5) is 0. The van der Waals surface area contributed by atoms with E-state index in [4.69, 9.17) is 5.11 Å². The highest BCUT2D eigenvalue weighted by Gasteiger charge is 2.14. The van der Waals surface area contributed by atoms with E-state index >= 15 is 0 Å². The van der Waals surface area contributed by atoms with Gasteiger partial charge in [0.05, 0.1) is 0 Å². The highest BCUT2D eigenvalue weighted by molar-refractivity contribution is 5.74. The number of benzene rings is 1. The van der Waals surface area contributed by atoms with Crippen LogP contribution in [0.4, 0.5) is 0 Å². The standard InChI is InChI=1S/C12H14O/c1-9-3-2-4-12-10(7-8-13)5-6-11(9)12/h2-5,13H,6-8H2,1H3. The largest absolute Gasteiger partial charge is 0.396 e. The molecule has 0 amide bonds. The highest BCUT2D eigenvalue weighted by Crippen LogP contribution is 2.31. The molecule has 68 valence electrons. The van der Waals surface area contributed by atoms with Crippen LogP contribution in [0.5, 0.6) is 0 Å². The molecule has 0 aromatic heterocycles. The van der Waals surface area contributed by atoms with Crippen molar-refractivity contribution < 1.29 is 5.11 Å². The highest BCUT2D eigenvalue weighted by atomic mass is 16.2. The van der Waals surface area contributed by atoms with Crippen LogP contribution in [0.3, 0.4) is 0 Å². The zero-order chi connectivity index (χ0) is 9.26. The Hall–Kier alpha value is -1.08. The number of hydrogen-bond donors (Lipinski definition) is 1. The summed E-state index contributed by atoms with van der Waals surface area (Å²) in [5.74, 6) is 0. The molecule has 1 aromatic rings. The summed E-state index contributed by atoms with van der Waals surface area (Å²) in [6.45, 7) is 2.40. The summed E-state index contributed by atoms with van der Waals surface area (Å²) in [5, 5.41) is 8.88. The van der Waals surface area contributed by atoms with Gasteiger partial charge in [0.2, 0.25) is 0 Å². The minimum atomic E-state index is 0.249. The van der Waals surface area contributed by atoms with Gasteiger partial charge in [0.25, 0.3) is 0 Å². The van der Waals surface area contributed by atoms with Crippen molar-refractivity contribution in [2.75, 3.05) is 6.61 Å². The maximum Gasteiger partial charge on any atom is 0.0471 e. The number of rotatable bonds is 2. The third-order valence-electron chi connectivity index (χ3n) is 2.69. The summed E-state index contributed by atoms with van der Waals surface area (Å²) in [5.41, 5.74) is 5.45. The van der Waals surface area contributed by atoms with Gasteiger partial charge in [0.1, 0.15) is 0 Å². The zero-order valence-corrected chi connectivity index (χ0v) is 7.88. The van der Waals surface area contributed by atoms with Crippen LogP contribution in [0.2, 0.25) is 0 Å². The summed E-state index contributed by atoms with van der Waals surface area (Å²) < 4.78 is 0. The molecule has 0 fully saturated rings. The Morgan fingerprint density at radius 2 is 2.23 bits per heavy atom. The van der Waals surface area contributed by atoms with Gasteiger partial charge in [0.15, 0.2) is 0 Å². The lowest BCUT2D eigenvalue weighted by Gasteiger charge is -2.06. The van der Waals surface area contributed by atoms with Crippen LogP contribution < -0.4 is 0 Å². The van der Waals surface area contributed by atoms with E-state index in [0.717, 1.165) is 12.8 Å². The van der Waals surface area contributed by atoms with Crippen molar-refractivity contribution in [1.29, 1.82) is 0 Å². The van der Waals surface area contributed by atoms with Crippen molar-refractivity contribution in [2.45, 2.75) is 19.8 Å². The third kappa shape index (κ3) is 1.40. The fourth-order valence-electron chi connectivity index (χ4n) is 1.97. The topological polar surface area (TPSA) is 20.2 Å². The summed E-state index contributed by atoms with van der Waals surface area (Å²) >= 11 is 0. The Kier molecular flexibility index (Phi) is 2.19. The van der Waals surface area contributed by atoms with Crippen LogP contribution in [0.1, 0.15) is 23.1 Å². The molecule has 0 spiro atoms. The van der Waals surface area contributed by atoms with E-state index in [1.807, 2.05) is 0 Å². The molecule has 0 radical (unpaired) electrons. The van der Waals surface area contributed by atoms with E-state index in [-0.39, 0.29) is 6.61 Å². The van der Waals surface area contributed by atoms with Crippen LogP contribution in [0, 0.1) is 6.92 Å². The average molecular weight is 174 g/mol. The Bertz CT molecular complexity index is 350. The lowest BCUT2D eigenvalue weighted by atomic mass is 10.00. The molecule has 1 aliphatic rings. The normalized spacial score (nSPS) is 14.2. The Labute approximate surface area is 78.7 Å². The predicted octanol–water partition coefficient (Wildman–Crippen LogP) is 2.32. The van der Waals surface area contributed by atoms with Crippen molar-refractivity contribution in [3.05, 3.63) is 41.0 Å². The molecule has 0 saturated heterocycles. The van der Waals surface area contributed by atoms with Crippen LogP contribution in [-0.4, -0.2) is 11.7 Å². The molecule has 0 saturated carbocycles. The monoisotopic (exact) mass is 174 g/mol. The molecule has 1 nitrogen and oxygen atoms in total. The first kappa shape index (κ1) is 8.52. The lowest BCUT2D eigenvalue weighted by Crippen LogP contribution is -1.90. The predicted molar refractivity (Wildman–Crippen MR) is 54.6 cm³/mol. The van der Waals surface area contributed by atoms with Crippen molar-refractivity contribution in [1.82, 2.24) is 0 Å². The summed E-state index contributed by atoms with van der Waals surface area (Å²) in [6.07, 6.45) is 4.06. The van der Waals surface area contributed by atoms with Gasteiger partial charge in [0, 0.05) is 6.61 Å². The fourth-order valence-corrected chi connectivity index (χ4v) is 1.97. The minimum Gasteiger partial charge on any atom is -0.396 e. The van der Waals surface area contributed by atoms with Crippen molar-refractivity contribution in [3.63, 3.8) is 0 Å². The average Bonchev–Trinajstić information content (AvgIpc) is 2.51. The smallest absolute Gasteiger partial charge is 0.0471 e. The van der Waals surface area contributed by atoms with Gasteiger partial charge in [-0.1, -0.05) is 24.3 Å². The molecule has 0 unspecified atom stereocenters. The first-order chi connectivity index (χ1) is 6.33. The Balaban J connectivity index is 2.39. The van der Waals surface area contributed by atoms with E-state index in [0.29, 0.717) is 0 Å². The van der Waals surface area contributed by atoms with Crippen LogP contribution >= 0.6 is 0 Å². The summed E-state index contributed by atoms with van der Waals surface area (Å²) in [6, 6.07) is 6.39. The minimum absolute atomic E-state index is 0.249. The molecule has 1 N–H and O–H groups in total. The van der Waals surface area contributed by atoms with Gasteiger partial charge < -0.3 is 5.11 Å². The number of aliphatic hydroxyl groups excluding tert-OH is 1. The zero-order valence-electron chi connectivity index (χ0n) is 7.88. The second kappa shape index (κ2) is 3.35. The SMILES string of the molecule is Cc1cccc2c1CC=C2CCO. The second-order valence-corrected chi connectivity index (χ2v) is 3.51. The molecule has 1 aromatic carbocycles. The van der Waals surface area contributed by atoms with Crippen LogP contribution in [-0.2, 0) is 6.42 Å². The van der Waals surface area contributed by atoms with Gasteiger partial charge in [-0.15, -0.1) is 0 Å². The third-order valence-corrected chi connectivity index (χ3v) is 2.69. The Morgan fingerprint density at radius 1 is 1.38 bits per heavy atom. The maximum absolute atomic E-state index is 8.88. The maximum atomic E-state index is 8.88. The summed E-state index contributed by atoms with van der Waals surface area (Å²) in [7, 11) is 0. The van der Waals surface area contributed by atoms with Crippen LogP contribution in [0.15, 0.2) is 24.3 Å². The fraction of sp³-hybridized carbons (Fsp3) is 0.333. The molecule has 0 atom stereocenters. The van der Waals surface area contributed by atoms with Crippen LogP contribution in [0.25, 0.3) is 5.57 Å². The number of aryl methyl sites for hydroxylation is 1. The Morgan fingerprint density at radius 3 is 3.00 bits per heavy atom. The molecule has 0 bridgehead atoms. The molecular weight excluding hydrogens is 160 g/mol. The quantitative estimate of drug-likeness (QED) is 0.729. The molecule has 0 aliphatic heterocycles. The molecule has 1 heteroatoms. The van der Waals surface area contributed by atoms with Gasteiger partial charge >= 0.3 is 0 Å². The van der Waals surface area contributed by atoms with E-state index in [1.165, 1.54) is 22.3 Å². The molecule has 13 heavy (non-hydrogen) atoms. The number of aliphatic hydroxyl groups is 1. The number of allylic oxidation sites excluding steroid dienone is 1. The van der Waals surface area contributed by atoms with Crippen molar-refractivity contribution in [2.24, 2.45) is 0 Å². The van der Waals surface area contributed by atoms with Gasteiger partial charge in [-0.2, -0.15) is 0 Å². The lowest BCUT2D eigenvalue weighted by molar-refractivity contribution is 0.305. The molecule has 1 aliphatic carbocycles. The van der Waals surface area contributed by atoms with Crippen molar-refractivity contribution in [3.8, 4) is 0 Å². The first-order valence-electron chi connectivity index (χ1n) is 4.71. The van der Waals surface area contributed by atoms with Gasteiger partial charge in [-0.3, -0.25) is 0 Å². The van der Waals surface area contributed by atoms with Gasteiger partial charge in [-0.25, -0.2) is 0 Å². The van der Waals surface area contributed by atoms with E-state index in [2.05, 4.69) is 31.2 Å². The first-order valence-corrected chi connectivity index (χ1v) is 4.71. The molecule has 2 rings (SSSR count). The van der Waals surface area contributed by atoms with Gasteiger partial charge in [-0.05, 0) is 42.0 Å². The van der Waals surface area contributed by atoms with E-state index in [1.54, 1.807) is 0 Å². The van der Waals surface area contributed by atoms with E-state index in [9.17, 15) is 0 Å². The van der Waals surface area contributed by atoms with Crippen molar-refractivity contribution >= 4 is 5.57 Å². The molecule has 0 heterocycles. The number of hydrogen-bond acceptors (Lipinski definition) is 1. The second-order valence-electron chi connectivity index (χ2n) is 3.51. The molecular formula is C12H14O.